The fourth-order valence-corrected chi connectivity index (χ4v) is 4.83. The Hall–Kier alpha value is -4.48. The molecule has 0 spiro atoms. The number of fused-ring (bicyclic) bond motifs is 1. The lowest BCUT2D eigenvalue weighted by molar-refractivity contribution is 0.102. The Labute approximate surface area is 244 Å². The summed E-state index contributed by atoms with van der Waals surface area (Å²) >= 11 is 0. The zero-order valence-electron chi connectivity index (χ0n) is 24.1. The average molecular weight is 574 g/mol. The van der Waals surface area contributed by atoms with E-state index in [-0.39, 0.29) is 11.9 Å². The van der Waals surface area contributed by atoms with Gasteiger partial charge in [0.1, 0.15) is 29.5 Å². The molecule has 1 saturated heterocycles. The second kappa shape index (κ2) is 13.0. The van der Waals surface area contributed by atoms with E-state index in [2.05, 4.69) is 37.8 Å². The van der Waals surface area contributed by atoms with Gasteiger partial charge >= 0.3 is 6.03 Å². The molecular weight excluding hydrogens is 537 g/mol. The molecule has 1 atom stereocenters. The number of likely N-dealkylation sites (N-methyl/N-ethyl adjacent to an activating group) is 1. The van der Waals surface area contributed by atoms with Gasteiger partial charge in [-0.15, -0.1) is 0 Å². The third-order valence-electron chi connectivity index (χ3n) is 7.43. The number of rotatable bonds is 9. The summed E-state index contributed by atoms with van der Waals surface area (Å²) in [6, 6.07) is 14.1. The van der Waals surface area contributed by atoms with Crippen LogP contribution in [-0.2, 0) is 0 Å². The molecule has 0 radical (unpaired) electrons. The highest BCUT2D eigenvalue weighted by atomic mass is 19.1. The molecule has 42 heavy (non-hydrogen) atoms. The summed E-state index contributed by atoms with van der Waals surface area (Å²) in [5, 5.41) is 8.44. The molecule has 2 aromatic heterocycles. The molecule has 11 heteroatoms. The Morgan fingerprint density at radius 3 is 2.64 bits per heavy atom. The van der Waals surface area contributed by atoms with Crippen molar-refractivity contribution in [3.05, 3.63) is 89.6 Å². The van der Waals surface area contributed by atoms with Gasteiger partial charge in [-0.25, -0.2) is 14.2 Å². The number of halogens is 1. The molecule has 5 rings (SSSR count). The minimum Gasteiger partial charge on any atom is -0.492 e. The van der Waals surface area contributed by atoms with Gasteiger partial charge in [-0.3, -0.25) is 14.1 Å². The monoisotopic (exact) mass is 573 g/mol. The molecule has 10 nitrogen and oxygen atoms in total. The molecule has 2 aromatic carbocycles. The van der Waals surface area contributed by atoms with Crippen molar-refractivity contribution >= 4 is 29.0 Å². The Morgan fingerprint density at radius 2 is 1.86 bits per heavy atom. The number of piperazine rings is 1. The lowest BCUT2D eigenvalue weighted by Gasteiger charge is -2.32. The first-order chi connectivity index (χ1) is 20.2. The normalized spacial score (nSPS) is 14.9. The van der Waals surface area contributed by atoms with E-state index < -0.39 is 11.8 Å². The van der Waals surface area contributed by atoms with Crippen LogP contribution in [0, 0.1) is 12.7 Å². The van der Waals surface area contributed by atoms with Crippen molar-refractivity contribution in [3.8, 4) is 5.75 Å². The summed E-state index contributed by atoms with van der Waals surface area (Å²) in [6.07, 6.45) is 3.33. The molecular formula is C31H36FN7O3. The van der Waals surface area contributed by atoms with E-state index in [1.807, 2.05) is 44.2 Å². The number of nitrogens with zero attached hydrogens (tertiary/aromatic N) is 4. The molecule has 3 heterocycles. The van der Waals surface area contributed by atoms with E-state index in [1.54, 1.807) is 22.9 Å². The summed E-state index contributed by atoms with van der Waals surface area (Å²) < 4.78 is 21.1. The summed E-state index contributed by atoms with van der Waals surface area (Å²) in [7, 11) is 2.14. The molecule has 3 N–H and O–H groups in total. The Kier molecular flexibility index (Phi) is 8.99. The van der Waals surface area contributed by atoms with Crippen LogP contribution in [0.3, 0.4) is 0 Å². The standard InChI is InChI=1S/C31H36FN7O3/c1-21-7-8-23(22(2)34-31(41)35-25-6-4-5-24(32)18-25)17-27(21)36-30(40)28-20-33-29-19-26(9-10-39(28)29)42-16-15-38-13-11-37(3)12-14-38/h4-10,17-20,22H,11-16H2,1-3H3,(H,36,40)(H2,34,35,41)/t22-/m0/s1. The maximum atomic E-state index is 13.4. The first-order valence-corrected chi connectivity index (χ1v) is 14.0. The van der Waals surface area contributed by atoms with Crippen molar-refractivity contribution in [2.45, 2.75) is 19.9 Å². The lowest BCUT2D eigenvalue weighted by atomic mass is 10.0. The number of hydrogen-bond acceptors (Lipinski definition) is 6. The molecule has 4 aromatic rings. The number of hydrogen-bond donors (Lipinski definition) is 3. The number of benzene rings is 2. The van der Waals surface area contributed by atoms with Crippen molar-refractivity contribution in [2.24, 2.45) is 0 Å². The highest BCUT2D eigenvalue weighted by Crippen LogP contribution is 2.23. The van der Waals surface area contributed by atoms with Gasteiger partial charge in [0.25, 0.3) is 5.91 Å². The Bertz CT molecular complexity index is 1570. The Balaban J connectivity index is 1.19. The van der Waals surface area contributed by atoms with Gasteiger partial charge in [0.15, 0.2) is 0 Å². The number of aromatic nitrogens is 2. The van der Waals surface area contributed by atoms with Gasteiger partial charge in [-0.05, 0) is 62.4 Å². The van der Waals surface area contributed by atoms with Gasteiger partial charge in [-0.1, -0.05) is 18.2 Å². The first kappa shape index (κ1) is 29.0. The van der Waals surface area contributed by atoms with E-state index in [1.165, 1.54) is 18.2 Å². The van der Waals surface area contributed by atoms with Crippen molar-refractivity contribution in [1.82, 2.24) is 24.5 Å². The minimum atomic E-state index is -0.465. The van der Waals surface area contributed by atoms with Crippen molar-refractivity contribution in [3.63, 3.8) is 0 Å². The molecule has 220 valence electrons. The van der Waals surface area contributed by atoms with E-state index in [0.29, 0.717) is 35.1 Å². The number of anilines is 2. The van der Waals surface area contributed by atoms with Crippen LogP contribution in [0.15, 0.2) is 67.0 Å². The zero-order chi connectivity index (χ0) is 29.6. The van der Waals surface area contributed by atoms with E-state index >= 15 is 0 Å². The number of urea groups is 1. The van der Waals surface area contributed by atoms with E-state index in [9.17, 15) is 14.0 Å². The third-order valence-corrected chi connectivity index (χ3v) is 7.43. The number of ether oxygens (including phenoxy) is 1. The minimum absolute atomic E-state index is 0.309. The number of aryl methyl sites for hydroxylation is 1. The molecule has 1 aliphatic rings. The van der Waals surface area contributed by atoms with Crippen LogP contribution >= 0.6 is 0 Å². The molecule has 0 unspecified atom stereocenters. The van der Waals surface area contributed by atoms with Gasteiger partial charge in [-0.2, -0.15) is 0 Å². The number of imidazole rings is 1. The predicted molar refractivity (Wildman–Crippen MR) is 161 cm³/mol. The molecule has 3 amide bonds. The van der Waals surface area contributed by atoms with E-state index in [0.717, 1.165) is 43.9 Å². The average Bonchev–Trinajstić information content (AvgIpc) is 3.39. The molecule has 1 aliphatic heterocycles. The van der Waals surface area contributed by atoms with Crippen LogP contribution < -0.4 is 20.7 Å². The molecule has 0 saturated carbocycles. The fraction of sp³-hybridized carbons (Fsp3) is 0.323. The van der Waals surface area contributed by atoms with Gasteiger partial charge in [0.2, 0.25) is 0 Å². The maximum Gasteiger partial charge on any atom is 0.319 e. The second-order valence-electron chi connectivity index (χ2n) is 10.6. The van der Waals surface area contributed by atoms with Crippen LogP contribution in [0.25, 0.3) is 5.65 Å². The van der Waals surface area contributed by atoms with Crippen LogP contribution in [-0.4, -0.2) is 77.5 Å². The largest absolute Gasteiger partial charge is 0.492 e. The fourth-order valence-electron chi connectivity index (χ4n) is 4.83. The second-order valence-corrected chi connectivity index (χ2v) is 10.6. The number of nitrogens with one attached hydrogen (secondary N) is 3. The summed E-state index contributed by atoms with van der Waals surface area (Å²) in [5.74, 6) is -0.0344. The summed E-state index contributed by atoms with van der Waals surface area (Å²) in [5.41, 5.74) is 3.64. The number of carbonyl (C=O) groups excluding carboxylic acids is 2. The maximum absolute atomic E-state index is 13.4. The van der Waals surface area contributed by atoms with E-state index in [4.69, 9.17) is 4.74 Å². The number of carbonyl (C=O) groups is 2. The van der Waals surface area contributed by atoms with Crippen molar-refractivity contribution < 1.29 is 18.7 Å². The predicted octanol–water partition coefficient (Wildman–Crippen LogP) is 4.54. The lowest BCUT2D eigenvalue weighted by Crippen LogP contribution is -2.45. The topological polar surface area (TPSA) is 103 Å². The van der Waals surface area contributed by atoms with Gasteiger partial charge in [0, 0.05) is 56.4 Å². The SMILES string of the molecule is Cc1ccc([C@H](C)NC(=O)Nc2cccc(F)c2)cc1NC(=O)c1cnc2cc(OCCN3CCN(C)CC3)ccn12. The van der Waals surface area contributed by atoms with Crippen molar-refractivity contribution in [1.29, 1.82) is 0 Å². The highest BCUT2D eigenvalue weighted by Gasteiger charge is 2.17. The molecule has 0 bridgehead atoms. The van der Waals surface area contributed by atoms with Crippen LogP contribution in [0.2, 0.25) is 0 Å². The van der Waals surface area contributed by atoms with Crippen molar-refractivity contribution in [2.75, 3.05) is 57.0 Å². The van der Waals surface area contributed by atoms with Crippen LogP contribution in [0.1, 0.15) is 34.6 Å². The number of pyridine rings is 1. The smallest absolute Gasteiger partial charge is 0.319 e. The Morgan fingerprint density at radius 1 is 1.05 bits per heavy atom. The number of amides is 3. The highest BCUT2D eigenvalue weighted by molar-refractivity contribution is 6.04. The summed E-state index contributed by atoms with van der Waals surface area (Å²) in [4.78, 5) is 34.8. The van der Waals surface area contributed by atoms with Crippen LogP contribution in [0.4, 0.5) is 20.6 Å². The summed E-state index contributed by atoms with van der Waals surface area (Å²) in [6.45, 7) is 9.40. The molecule has 1 fully saturated rings. The van der Waals surface area contributed by atoms with Gasteiger partial charge < -0.3 is 25.6 Å². The zero-order valence-corrected chi connectivity index (χ0v) is 24.1. The first-order valence-electron chi connectivity index (χ1n) is 14.0. The van der Waals surface area contributed by atoms with Crippen LogP contribution in [0.5, 0.6) is 5.75 Å². The van der Waals surface area contributed by atoms with Gasteiger partial charge in [0.05, 0.1) is 12.2 Å². The quantitative estimate of drug-likeness (QED) is 0.272. The third kappa shape index (κ3) is 7.23. The molecule has 0 aliphatic carbocycles.